The van der Waals surface area contributed by atoms with Crippen LogP contribution in [0, 0.1) is 0 Å². The SMILES string of the molecule is CCC(NC)c1ccccc1OC(C)C(=O)NC(C)(C)C. The summed E-state index contributed by atoms with van der Waals surface area (Å²) in [5.74, 6) is 0.657. The summed E-state index contributed by atoms with van der Waals surface area (Å²) in [6.07, 6.45) is 0.430. The third kappa shape index (κ3) is 5.38. The van der Waals surface area contributed by atoms with Crippen LogP contribution >= 0.6 is 0 Å². The third-order valence-electron chi connectivity index (χ3n) is 3.22. The number of benzene rings is 1. The minimum atomic E-state index is -0.528. The first-order valence-corrected chi connectivity index (χ1v) is 7.53. The van der Waals surface area contributed by atoms with Crippen LogP contribution in [0.15, 0.2) is 24.3 Å². The topological polar surface area (TPSA) is 50.4 Å². The fraction of sp³-hybridized carbons (Fsp3) is 0.588. The van der Waals surface area contributed by atoms with Crippen molar-refractivity contribution < 1.29 is 9.53 Å². The number of para-hydroxylation sites is 1. The normalized spacial score (nSPS) is 14.4. The van der Waals surface area contributed by atoms with Crippen LogP contribution in [0.5, 0.6) is 5.75 Å². The predicted molar refractivity (Wildman–Crippen MR) is 86.5 cm³/mol. The minimum Gasteiger partial charge on any atom is -0.481 e. The molecule has 0 saturated heterocycles. The number of nitrogens with one attached hydrogen (secondary N) is 2. The van der Waals surface area contributed by atoms with Gasteiger partial charge in [-0.1, -0.05) is 25.1 Å². The Bertz CT molecular complexity index is 462. The van der Waals surface area contributed by atoms with E-state index in [1.807, 2.05) is 52.1 Å². The van der Waals surface area contributed by atoms with Crippen LogP contribution in [-0.4, -0.2) is 24.6 Å². The van der Waals surface area contributed by atoms with Crippen LogP contribution in [0.2, 0.25) is 0 Å². The van der Waals surface area contributed by atoms with Gasteiger partial charge in [-0.05, 0) is 47.2 Å². The maximum absolute atomic E-state index is 12.1. The van der Waals surface area contributed by atoms with Gasteiger partial charge in [0.1, 0.15) is 5.75 Å². The first kappa shape index (κ1) is 17.5. The lowest BCUT2D eigenvalue weighted by atomic mass is 10.0. The highest BCUT2D eigenvalue weighted by atomic mass is 16.5. The van der Waals surface area contributed by atoms with Gasteiger partial charge in [0.05, 0.1) is 0 Å². The smallest absolute Gasteiger partial charge is 0.261 e. The van der Waals surface area contributed by atoms with Crippen molar-refractivity contribution in [3.63, 3.8) is 0 Å². The van der Waals surface area contributed by atoms with Crippen LogP contribution in [0.4, 0.5) is 0 Å². The van der Waals surface area contributed by atoms with Gasteiger partial charge in [-0.2, -0.15) is 0 Å². The second kappa shape index (κ2) is 7.46. The molecule has 0 bridgehead atoms. The van der Waals surface area contributed by atoms with Crippen LogP contribution in [-0.2, 0) is 4.79 Å². The summed E-state index contributed by atoms with van der Waals surface area (Å²) >= 11 is 0. The molecule has 0 aliphatic carbocycles. The Balaban J connectivity index is 2.85. The summed E-state index contributed by atoms with van der Waals surface area (Å²) in [7, 11) is 1.93. The molecule has 1 aromatic rings. The average molecular weight is 292 g/mol. The highest BCUT2D eigenvalue weighted by Gasteiger charge is 2.22. The Kier molecular flexibility index (Phi) is 6.21. The largest absolute Gasteiger partial charge is 0.481 e. The molecule has 1 amide bonds. The van der Waals surface area contributed by atoms with E-state index in [9.17, 15) is 4.79 Å². The van der Waals surface area contributed by atoms with Gasteiger partial charge in [0.2, 0.25) is 0 Å². The molecular formula is C17H28N2O2. The molecule has 118 valence electrons. The number of carbonyl (C=O) groups excluding carboxylic acids is 1. The standard InChI is InChI=1S/C17H28N2O2/c1-7-14(18-6)13-10-8-9-11-15(13)21-12(2)16(20)19-17(3,4)5/h8-12,14,18H,7H2,1-6H3,(H,19,20). The second-order valence-corrected chi connectivity index (χ2v) is 6.29. The van der Waals surface area contributed by atoms with Gasteiger partial charge in [-0.25, -0.2) is 0 Å². The molecule has 0 fully saturated rings. The number of amides is 1. The van der Waals surface area contributed by atoms with Crippen molar-refractivity contribution in [1.29, 1.82) is 0 Å². The lowest BCUT2D eigenvalue weighted by Gasteiger charge is -2.25. The molecule has 0 heterocycles. The summed E-state index contributed by atoms with van der Waals surface area (Å²) in [5.41, 5.74) is 0.823. The van der Waals surface area contributed by atoms with Crippen LogP contribution in [0.1, 0.15) is 52.6 Å². The molecule has 2 unspecified atom stereocenters. The summed E-state index contributed by atoms with van der Waals surface area (Å²) in [4.78, 5) is 12.1. The Hall–Kier alpha value is -1.55. The predicted octanol–water partition coefficient (Wildman–Crippen LogP) is 3.04. The van der Waals surface area contributed by atoms with E-state index in [0.717, 1.165) is 17.7 Å². The van der Waals surface area contributed by atoms with Gasteiger partial charge < -0.3 is 15.4 Å². The quantitative estimate of drug-likeness (QED) is 0.847. The van der Waals surface area contributed by atoms with Gasteiger partial charge >= 0.3 is 0 Å². The van der Waals surface area contributed by atoms with Crippen molar-refractivity contribution in [1.82, 2.24) is 10.6 Å². The number of rotatable bonds is 6. The summed E-state index contributed by atoms with van der Waals surface area (Å²) in [6.45, 7) is 9.77. The van der Waals surface area contributed by atoms with Crippen molar-refractivity contribution in [3.05, 3.63) is 29.8 Å². The maximum atomic E-state index is 12.1. The van der Waals surface area contributed by atoms with Crippen molar-refractivity contribution in [3.8, 4) is 5.75 Å². The fourth-order valence-corrected chi connectivity index (χ4v) is 2.17. The first-order valence-electron chi connectivity index (χ1n) is 7.53. The minimum absolute atomic E-state index is 0.102. The number of hydrogen-bond acceptors (Lipinski definition) is 3. The number of carbonyl (C=O) groups is 1. The van der Waals surface area contributed by atoms with Crippen molar-refractivity contribution in [2.24, 2.45) is 0 Å². The maximum Gasteiger partial charge on any atom is 0.261 e. The van der Waals surface area contributed by atoms with Crippen LogP contribution < -0.4 is 15.4 Å². The summed E-state index contributed by atoms with van der Waals surface area (Å²) < 4.78 is 5.89. The Morgan fingerprint density at radius 3 is 2.43 bits per heavy atom. The van der Waals surface area contributed by atoms with Gasteiger partial charge in [0, 0.05) is 17.1 Å². The molecular weight excluding hydrogens is 264 g/mol. The highest BCUT2D eigenvalue weighted by molar-refractivity contribution is 5.81. The molecule has 0 saturated carbocycles. The summed E-state index contributed by atoms with van der Waals surface area (Å²) in [6, 6.07) is 8.08. The molecule has 1 rings (SSSR count). The zero-order valence-corrected chi connectivity index (χ0v) is 14.0. The Labute approximate surface area is 128 Å². The molecule has 21 heavy (non-hydrogen) atoms. The molecule has 0 spiro atoms. The average Bonchev–Trinajstić information content (AvgIpc) is 2.40. The van der Waals surface area contributed by atoms with E-state index >= 15 is 0 Å². The van der Waals surface area contributed by atoms with E-state index < -0.39 is 6.10 Å². The highest BCUT2D eigenvalue weighted by Crippen LogP contribution is 2.27. The van der Waals surface area contributed by atoms with E-state index in [-0.39, 0.29) is 17.5 Å². The lowest BCUT2D eigenvalue weighted by Crippen LogP contribution is -2.46. The van der Waals surface area contributed by atoms with Crippen LogP contribution in [0.3, 0.4) is 0 Å². The van der Waals surface area contributed by atoms with Gasteiger partial charge in [-0.15, -0.1) is 0 Å². The third-order valence-corrected chi connectivity index (χ3v) is 3.22. The Morgan fingerprint density at radius 2 is 1.90 bits per heavy atom. The fourth-order valence-electron chi connectivity index (χ4n) is 2.17. The molecule has 0 aliphatic heterocycles. The Morgan fingerprint density at radius 1 is 1.29 bits per heavy atom. The number of ether oxygens (including phenoxy) is 1. The molecule has 2 N–H and O–H groups in total. The van der Waals surface area contributed by atoms with Crippen molar-refractivity contribution >= 4 is 5.91 Å². The van der Waals surface area contributed by atoms with E-state index in [1.165, 1.54) is 0 Å². The molecule has 0 aromatic heterocycles. The lowest BCUT2D eigenvalue weighted by molar-refractivity contribution is -0.128. The van der Waals surface area contributed by atoms with Crippen molar-refractivity contribution in [2.45, 2.75) is 58.7 Å². The second-order valence-electron chi connectivity index (χ2n) is 6.29. The van der Waals surface area contributed by atoms with E-state index in [4.69, 9.17) is 4.74 Å². The molecule has 0 radical (unpaired) electrons. The van der Waals surface area contributed by atoms with Gasteiger partial charge in [0.25, 0.3) is 5.91 Å². The molecule has 0 aliphatic rings. The molecule has 1 aromatic carbocycles. The number of hydrogen-bond donors (Lipinski definition) is 2. The zero-order chi connectivity index (χ0) is 16.0. The van der Waals surface area contributed by atoms with Crippen LogP contribution in [0.25, 0.3) is 0 Å². The monoisotopic (exact) mass is 292 g/mol. The molecule has 4 nitrogen and oxygen atoms in total. The van der Waals surface area contributed by atoms with E-state index in [0.29, 0.717) is 0 Å². The first-order chi connectivity index (χ1) is 9.78. The van der Waals surface area contributed by atoms with Gasteiger partial charge in [-0.3, -0.25) is 4.79 Å². The van der Waals surface area contributed by atoms with E-state index in [1.54, 1.807) is 6.92 Å². The summed E-state index contributed by atoms with van der Waals surface area (Å²) in [5, 5.41) is 6.20. The molecule has 4 heteroatoms. The molecule has 2 atom stereocenters. The van der Waals surface area contributed by atoms with E-state index in [2.05, 4.69) is 17.6 Å². The van der Waals surface area contributed by atoms with Gasteiger partial charge in [0.15, 0.2) is 6.10 Å². The van der Waals surface area contributed by atoms with Crippen molar-refractivity contribution in [2.75, 3.05) is 7.05 Å². The zero-order valence-electron chi connectivity index (χ0n) is 14.0.